The van der Waals surface area contributed by atoms with Crippen LogP contribution >= 0.6 is 15.9 Å². The molecule has 1 atom stereocenters. The highest BCUT2D eigenvalue weighted by atomic mass is 79.9. The van der Waals surface area contributed by atoms with Crippen molar-refractivity contribution in [1.82, 2.24) is 0 Å². The van der Waals surface area contributed by atoms with Crippen LogP contribution in [0.2, 0.25) is 0 Å². The SMILES string of the molecule is CCCCCC1CCc2cc(-c3ccc(Br)cc3)ccc2C1. The van der Waals surface area contributed by atoms with Crippen molar-refractivity contribution in [3.05, 3.63) is 58.1 Å². The van der Waals surface area contributed by atoms with Crippen molar-refractivity contribution in [2.24, 2.45) is 5.92 Å². The van der Waals surface area contributed by atoms with Gasteiger partial charge in [-0.25, -0.2) is 0 Å². The van der Waals surface area contributed by atoms with Gasteiger partial charge in [0, 0.05) is 4.47 Å². The lowest BCUT2D eigenvalue weighted by molar-refractivity contribution is 0.408. The minimum absolute atomic E-state index is 0.914. The first kappa shape index (κ1) is 15.8. The molecule has 0 aliphatic heterocycles. The third-order valence-corrected chi connectivity index (χ3v) is 5.46. The van der Waals surface area contributed by atoms with E-state index in [1.807, 2.05) is 0 Å². The molecule has 2 aromatic rings. The van der Waals surface area contributed by atoms with E-state index in [1.165, 1.54) is 56.1 Å². The van der Waals surface area contributed by atoms with Gasteiger partial charge in [0.1, 0.15) is 0 Å². The van der Waals surface area contributed by atoms with Gasteiger partial charge in [0.15, 0.2) is 0 Å². The van der Waals surface area contributed by atoms with Crippen LogP contribution in [0.3, 0.4) is 0 Å². The van der Waals surface area contributed by atoms with E-state index in [9.17, 15) is 0 Å². The zero-order valence-corrected chi connectivity index (χ0v) is 15.0. The first-order chi connectivity index (χ1) is 10.8. The molecular weight excluding hydrogens is 332 g/mol. The Bertz CT molecular complexity index is 612. The van der Waals surface area contributed by atoms with Crippen LogP contribution in [0.25, 0.3) is 11.1 Å². The van der Waals surface area contributed by atoms with E-state index < -0.39 is 0 Å². The normalized spacial score (nSPS) is 17.3. The largest absolute Gasteiger partial charge is 0.0654 e. The monoisotopic (exact) mass is 356 g/mol. The maximum atomic E-state index is 3.51. The van der Waals surface area contributed by atoms with Gasteiger partial charge in [-0.2, -0.15) is 0 Å². The van der Waals surface area contributed by atoms with E-state index in [1.54, 1.807) is 11.1 Å². The van der Waals surface area contributed by atoms with Gasteiger partial charge in [-0.1, -0.05) is 78.9 Å². The summed E-state index contributed by atoms with van der Waals surface area (Å²) in [5, 5.41) is 0. The molecule has 0 fully saturated rings. The number of fused-ring (bicyclic) bond motifs is 1. The summed E-state index contributed by atoms with van der Waals surface area (Å²) in [5.41, 5.74) is 5.84. The Kier molecular flexibility index (Phi) is 5.36. The van der Waals surface area contributed by atoms with Crippen molar-refractivity contribution in [3.8, 4) is 11.1 Å². The number of aryl methyl sites for hydroxylation is 1. The van der Waals surface area contributed by atoms with Gasteiger partial charge in [0.05, 0.1) is 0 Å². The topological polar surface area (TPSA) is 0 Å². The average Bonchev–Trinajstić information content (AvgIpc) is 2.55. The fourth-order valence-corrected chi connectivity index (χ4v) is 3.85. The minimum Gasteiger partial charge on any atom is -0.0654 e. The second-order valence-electron chi connectivity index (χ2n) is 6.59. The van der Waals surface area contributed by atoms with E-state index in [4.69, 9.17) is 0 Å². The number of unbranched alkanes of at least 4 members (excludes halogenated alkanes) is 2. The van der Waals surface area contributed by atoms with Crippen LogP contribution in [0.15, 0.2) is 46.9 Å². The van der Waals surface area contributed by atoms with Crippen LogP contribution in [-0.2, 0) is 12.8 Å². The molecule has 0 bridgehead atoms. The van der Waals surface area contributed by atoms with E-state index >= 15 is 0 Å². The molecule has 0 aromatic heterocycles. The van der Waals surface area contributed by atoms with Gasteiger partial charge in [0.25, 0.3) is 0 Å². The van der Waals surface area contributed by atoms with Crippen molar-refractivity contribution in [2.75, 3.05) is 0 Å². The first-order valence-corrected chi connectivity index (χ1v) is 9.43. The summed E-state index contributed by atoms with van der Waals surface area (Å²) in [6, 6.07) is 15.7. The summed E-state index contributed by atoms with van der Waals surface area (Å²) < 4.78 is 1.14. The second kappa shape index (κ2) is 7.46. The fourth-order valence-electron chi connectivity index (χ4n) is 3.58. The van der Waals surface area contributed by atoms with Gasteiger partial charge in [-0.15, -0.1) is 0 Å². The first-order valence-electron chi connectivity index (χ1n) is 8.64. The summed E-state index contributed by atoms with van der Waals surface area (Å²) in [5.74, 6) is 0.914. The average molecular weight is 357 g/mol. The second-order valence-corrected chi connectivity index (χ2v) is 7.51. The highest BCUT2D eigenvalue weighted by molar-refractivity contribution is 9.10. The molecule has 1 heteroatoms. The van der Waals surface area contributed by atoms with Crippen LogP contribution in [0.4, 0.5) is 0 Å². The lowest BCUT2D eigenvalue weighted by Crippen LogP contribution is -2.14. The van der Waals surface area contributed by atoms with Gasteiger partial charge in [-0.3, -0.25) is 0 Å². The Hall–Kier alpha value is -1.08. The Labute approximate surface area is 143 Å². The number of benzene rings is 2. The standard InChI is InChI=1S/C21H25Br/c1-2-3-4-5-16-6-7-20-15-19(9-8-18(20)14-16)17-10-12-21(22)13-11-17/h8-13,15-16H,2-7,14H2,1H3. The summed E-state index contributed by atoms with van der Waals surface area (Å²) in [7, 11) is 0. The summed E-state index contributed by atoms with van der Waals surface area (Å²) in [6.07, 6.45) is 9.48. The molecule has 0 saturated carbocycles. The third-order valence-electron chi connectivity index (χ3n) is 4.93. The Morgan fingerprint density at radius 3 is 2.50 bits per heavy atom. The van der Waals surface area contributed by atoms with Crippen molar-refractivity contribution < 1.29 is 0 Å². The van der Waals surface area contributed by atoms with Crippen molar-refractivity contribution in [3.63, 3.8) is 0 Å². The van der Waals surface area contributed by atoms with Gasteiger partial charge >= 0.3 is 0 Å². The lowest BCUT2D eigenvalue weighted by Gasteiger charge is -2.25. The lowest BCUT2D eigenvalue weighted by atomic mass is 9.80. The van der Waals surface area contributed by atoms with Crippen molar-refractivity contribution in [1.29, 1.82) is 0 Å². The summed E-state index contributed by atoms with van der Waals surface area (Å²) >= 11 is 3.51. The van der Waals surface area contributed by atoms with E-state index in [0.717, 1.165) is 10.4 Å². The molecule has 0 N–H and O–H groups in total. The highest BCUT2D eigenvalue weighted by Crippen LogP contribution is 2.32. The van der Waals surface area contributed by atoms with Crippen LogP contribution in [-0.4, -0.2) is 0 Å². The van der Waals surface area contributed by atoms with Crippen molar-refractivity contribution >= 4 is 15.9 Å². The van der Waals surface area contributed by atoms with Crippen LogP contribution in [0, 0.1) is 5.92 Å². The molecule has 0 heterocycles. The van der Waals surface area contributed by atoms with Crippen LogP contribution in [0.1, 0.15) is 50.2 Å². The fraction of sp³-hybridized carbons (Fsp3) is 0.429. The van der Waals surface area contributed by atoms with Gasteiger partial charge < -0.3 is 0 Å². The maximum absolute atomic E-state index is 3.51. The molecule has 2 aromatic carbocycles. The summed E-state index contributed by atoms with van der Waals surface area (Å²) in [4.78, 5) is 0. The Balaban J connectivity index is 1.72. The molecule has 22 heavy (non-hydrogen) atoms. The molecule has 0 amide bonds. The van der Waals surface area contributed by atoms with E-state index in [0.29, 0.717) is 0 Å². The Morgan fingerprint density at radius 2 is 1.73 bits per heavy atom. The smallest absolute Gasteiger partial charge is 0.0175 e. The van der Waals surface area contributed by atoms with E-state index in [2.05, 4.69) is 65.3 Å². The summed E-state index contributed by atoms with van der Waals surface area (Å²) in [6.45, 7) is 2.29. The predicted octanol–water partition coefficient (Wildman–Crippen LogP) is 6.80. The van der Waals surface area contributed by atoms with E-state index in [-0.39, 0.29) is 0 Å². The zero-order chi connectivity index (χ0) is 15.4. The molecule has 0 spiro atoms. The molecule has 0 nitrogen and oxygen atoms in total. The van der Waals surface area contributed by atoms with Crippen LogP contribution in [0.5, 0.6) is 0 Å². The maximum Gasteiger partial charge on any atom is 0.0175 e. The molecule has 3 rings (SSSR count). The Morgan fingerprint density at radius 1 is 0.955 bits per heavy atom. The molecule has 116 valence electrons. The number of hydrogen-bond donors (Lipinski definition) is 0. The highest BCUT2D eigenvalue weighted by Gasteiger charge is 2.18. The number of rotatable bonds is 5. The molecule has 0 radical (unpaired) electrons. The predicted molar refractivity (Wildman–Crippen MR) is 99.2 cm³/mol. The van der Waals surface area contributed by atoms with Gasteiger partial charge in [-0.05, 0) is 59.6 Å². The molecule has 1 aliphatic rings. The molecular formula is C21H25Br. The van der Waals surface area contributed by atoms with Gasteiger partial charge in [0.2, 0.25) is 0 Å². The molecule has 1 aliphatic carbocycles. The third kappa shape index (κ3) is 3.81. The minimum atomic E-state index is 0.914. The number of halogens is 1. The van der Waals surface area contributed by atoms with Crippen LogP contribution < -0.4 is 0 Å². The molecule has 0 saturated heterocycles. The van der Waals surface area contributed by atoms with Crippen molar-refractivity contribution in [2.45, 2.75) is 51.9 Å². The molecule has 1 unspecified atom stereocenters. The quantitative estimate of drug-likeness (QED) is 0.516. The zero-order valence-electron chi connectivity index (χ0n) is 13.4. The number of hydrogen-bond acceptors (Lipinski definition) is 0.